The second-order valence-corrected chi connectivity index (χ2v) is 3.40. The van der Waals surface area contributed by atoms with Crippen molar-refractivity contribution in [1.82, 2.24) is 0 Å². The van der Waals surface area contributed by atoms with Crippen LogP contribution in [0.15, 0.2) is 0 Å². The number of rotatable bonds is 2. The zero-order chi connectivity index (χ0) is 5.91. The van der Waals surface area contributed by atoms with E-state index in [9.17, 15) is 8.42 Å². The van der Waals surface area contributed by atoms with Crippen molar-refractivity contribution >= 4 is 9.84 Å². The summed E-state index contributed by atoms with van der Waals surface area (Å²) in [6, 6.07) is 0. The van der Waals surface area contributed by atoms with Crippen LogP contribution in [-0.4, -0.2) is 14.7 Å². The lowest BCUT2D eigenvalue weighted by molar-refractivity contribution is 0.606. The van der Waals surface area contributed by atoms with Gasteiger partial charge >= 0.3 is 0 Å². The Hall–Kier alpha value is -0.0500. The highest BCUT2D eigenvalue weighted by Gasteiger charge is 1.96. The molecule has 0 saturated carbocycles. The van der Waals surface area contributed by atoms with Crippen molar-refractivity contribution in [1.29, 1.82) is 0 Å². The molecule has 0 rings (SSSR count). The van der Waals surface area contributed by atoms with Crippen LogP contribution in [0.3, 0.4) is 0 Å². The molecule has 0 aromatic carbocycles. The maximum atomic E-state index is 10.2. The lowest BCUT2D eigenvalue weighted by atomic mass is 10.6. The summed E-state index contributed by atoms with van der Waals surface area (Å²) in [7, 11) is -2.80. The molecule has 0 aliphatic rings. The third-order valence-corrected chi connectivity index (χ3v) is 1.41. The SMILES string of the molecule is CC[CH]S(C)(=O)=O. The van der Waals surface area contributed by atoms with Crippen molar-refractivity contribution in [2.45, 2.75) is 13.3 Å². The minimum atomic E-state index is -2.80. The van der Waals surface area contributed by atoms with Crippen LogP contribution in [0.25, 0.3) is 0 Å². The molecule has 0 unspecified atom stereocenters. The molecule has 0 amide bonds. The van der Waals surface area contributed by atoms with Gasteiger partial charge in [-0.1, -0.05) is 6.92 Å². The van der Waals surface area contributed by atoms with Gasteiger partial charge < -0.3 is 0 Å². The average molecular weight is 121 g/mol. The fraction of sp³-hybridized carbons (Fsp3) is 0.750. The first kappa shape index (κ1) is 6.95. The van der Waals surface area contributed by atoms with Crippen molar-refractivity contribution in [3.8, 4) is 0 Å². The van der Waals surface area contributed by atoms with E-state index in [0.29, 0.717) is 6.42 Å². The van der Waals surface area contributed by atoms with Gasteiger partial charge in [0.2, 0.25) is 0 Å². The van der Waals surface area contributed by atoms with E-state index < -0.39 is 9.84 Å². The van der Waals surface area contributed by atoms with E-state index in [-0.39, 0.29) is 0 Å². The minimum absolute atomic E-state index is 0.596. The molecular formula is C4H9O2S. The summed E-state index contributed by atoms with van der Waals surface area (Å²) in [5.41, 5.74) is 0. The van der Waals surface area contributed by atoms with E-state index in [4.69, 9.17) is 0 Å². The first-order chi connectivity index (χ1) is 3.06. The predicted molar refractivity (Wildman–Crippen MR) is 29.4 cm³/mol. The Morgan fingerprint density at radius 2 is 2.00 bits per heavy atom. The normalized spacial score (nSPS) is 11.7. The van der Waals surface area contributed by atoms with Crippen molar-refractivity contribution in [3.63, 3.8) is 0 Å². The highest BCUT2D eigenvalue weighted by atomic mass is 32.2. The van der Waals surface area contributed by atoms with Crippen LogP contribution in [0.5, 0.6) is 0 Å². The summed E-state index contributed by atoms with van der Waals surface area (Å²) >= 11 is 0. The van der Waals surface area contributed by atoms with Crippen LogP contribution in [0.2, 0.25) is 0 Å². The van der Waals surface area contributed by atoms with Gasteiger partial charge in [0.1, 0.15) is 0 Å². The van der Waals surface area contributed by atoms with E-state index in [0.717, 1.165) is 0 Å². The van der Waals surface area contributed by atoms with Gasteiger partial charge in [-0.25, -0.2) is 8.42 Å². The highest BCUT2D eigenvalue weighted by molar-refractivity contribution is 7.92. The van der Waals surface area contributed by atoms with Gasteiger partial charge in [-0.05, 0) is 6.42 Å². The Morgan fingerprint density at radius 1 is 1.57 bits per heavy atom. The van der Waals surface area contributed by atoms with Gasteiger partial charge in [0, 0.05) is 6.26 Å². The summed E-state index contributed by atoms with van der Waals surface area (Å²) in [6.07, 6.45) is 1.79. The Bertz CT molecular complexity index is 123. The Kier molecular flexibility index (Phi) is 2.29. The average Bonchev–Trinajstić information content (AvgIpc) is 1.30. The van der Waals surface area contributed by atoms with Crippen molar-refractivity contribution < 1.29 is 8.42 Å². The van der Waals surface area contributed by atoms with Gasteiger partial charge in [-0.3, -0.25) is 0 Å². The molecule has 0 aromatic heterocycles. The quantitative estimate of drug-likeness (QED) is 0.536. The standard InChI is InChI=1S/C4H9O2S/c1-3-4-7(2,5)6/h4H,3H2,1-2H3. The number of hydrogen-bond acceptors (Lipinski definition) is 2. The third kappa shape index (κ3) is 5.95. The molecule has 0 spiro atoms. The van der Waals surface area contributed by atoms with Crippen LogP contribution in [0.1, 0.15) is 13.3 Å². The second-order valence-electron chi connectivity index (χ2n) is 1.40. The van der Waals surface area contributed by atoms with Gasteiger partial charge in [0.05, 0.1) is 5.75 Å². The van der Waals surface area contributed by atoms with E-state index in [1.165, 1.54) is 12.0 Å². The van der Waals surface area contributed by atoms with Gasteiger partial charge in [-0.2, -0.15) is 0 Å². The second kappa shape index (κ2) is 2.31. The third-order valence-electron chi connectivity index (χ3n) is 0.469. The maximum absolute atomic E-state index is 10.2. The highest BCUT2D eigenvalue weighted by Crippen LogP contribution is 1.92. The zero-order valence-corrected chi connectivity index (χ0v) is 5.33. The van der Waals surface area contributed by atoms with Crippen LogP contribution < -0.4 is 0 Å². The Balaban J connectivity index is 3.60. The molecule has 43 valence electrons. The summed E-state index contributed by atoms with van der Waals surface area (Å²) in [5.74, 6) is 1.28. The van der Waals surface area contributed by atoms with Crippen LogP contribution >= 0.6 is 0 Å². The van der Waals surface area contributed by atoms with Gasteiger partial charge in [0.25, 0.3) is 0 Å². The van der Waals surface area contributed by atoms with Crippen LogP contribution in [-0.2, 0) is 9.84 Å². The van der Waals surface area contributed by atoms with E-state index in [1.54, 1.807) is 6.92 Å². The first-order valence-electron chi connectivity index (χ1n) is 2.09. The fourth-order valence-corrected chi connectivity index (χ4v) is 0.908. The first-order valence-corrected chi connectivity index (χ1v) is 4.05. The van der Waals surface area contributed by atoms with Gasteiger partial charge in [-0.15, -0.1) is 0 Å². The van der Waals surface area contributed by atoms with Crippen LogP contribution in [0, 0.1) is 5.75 Å². The van der Waals surface area contributed by atoms with E-state index in [2.05, 4.69) is 0 Å². The molecule has 1 radical (unpaired) electrons. The lowest BCUT2D eigenvalue weighted by Crippen LogP contribution is -1.93. The van der Waals surface area contributed by atoms with Crippen molar-refractivity contribution in [2.24, 2.45) is 0 Å². The molecule has 0 saturated heterocycles. The van der Waals surface area contributed by atoms with E-state index >= 15 is 0 Å². The molecule has 0 N–H and O–H groups in total. The predicted octanol–water partition coefficient (Wildman–Crippen LogP) is 0.603. The molecule has 0 heterocycles. The molecule has 0 fully saturated rings. The molecular weight excluding hydrogens is 112 g/mol. The monoisotopic (exact) mass is 121 g/mol. The summed E-state index contributed by atoms with van der Waals surface area (Å²) in [5, 5.41) is 0. The Labute approximate surface area is 44.5 Å². The van der Waals surface area contributed by atoms with Crippen LogP contribution in [0.4, 0.5) is 0 Å². The molecule has 0 bridgehead atoms. The molecule has 0 aliphatic carbocycles. The van der Waals surface area contributed by atoms with E-state index in [1.807, 2.05) is 0 Å². The molecule has 7 heavy (non-hydrogen) atoms. The topological polar surface area (TPSA) is 34.1 Å². The maximum Gasteiger partial charge on any atom is 0.151 e. The molecule has 0 atom stereocenters. The molecule has 0 aromatic rings. The van der Waals surface area contributed by atoms with Gasteiger partial charge in [0.15, 0.2) is 9.84 Å². The Morgan fingerprint density at radius 3 is 2.00 bits per heavy atom. The number of hydrogen-bond donors (Lipinski definition) is 0. The lowest BCUT2D eigenvalue weighted by Gasteiger charge is -1.86. The molecule has 2 nitrogen and oxygen atoms in total. The summed E-state index contributed by atoms with van der Waals surface area (Å²) in [4.78, 5) is 0. The number of sulfone groups is 1. The van der Waals surface area contributed by atoms with Crippen molar-refractivity contribution in [3.05, 3.63) is 5.75 Å². The fourth-order valence-electron chi connectivity index (χ4n) is 0.303. The molecule has 0 aliphatic heterocycles. The summed E-state index contributed by atoms with van der Waals surface area (Å²) in [6.45, 7) is 1.79. The summed E-state index contributed by atoms with van der Waals surface area (Å²) < 4.78 is 20.4. The smallest absolute Gasteiger partial charge is 0.151 e. The zero-order valence-electron chi connectivity index (χ0n) is 4.51. The molecule has 3 heteroatoms. The van der Waals surface area contributed by atoms with Crippen molar-refractivity contribution in [2.75, 3.05) is 6.26 Å². The largest absolute Gasteiger partial charge is 0.229 e. The minimum Gasteiger partial charge on any atom is -0.229 e.